The van der Waals surface area contributed by atoms with Crippen LogP contribution in [0.4, 0.5) is 5.95 Å². The minimum Gasteiger partial charge on any atom is -0.497 e. The molecule has 190 valence electrons. The van der Waals surface area contributed by atoms with E-state index in [0.29, 0.717) is 29.9 Å². The van der Waals surface area contributed by atoms with Crippen LogP contribution in [0.5, 0.6) is 11.5 Å². The van der Waals surface area contributed by atoms with Crippen LogP contribution in [0, 0.1) is 5.92 Å². The molecule has 2 amide bonds. The van der Waals surface area contributed by atoms with E-state index in [4.69, 9.17) is 18.9 Å². The highest BCUT2D eigenvalue weighted by molar-refractivity contribution is 5.97. The zero-order valence-corrected chi connectivity index (χ0v) is 20.7. The van der Waals surface area contributed by atoms with Gasteiger partial charge in [0.2, 0.25) is 11.9 Å². The molecule has 9 heteroatoms. The average Bonchev–Trinajstić information content (AvgIpc) is 3.39. The lowest BCUT2D eigenvalue weighted by Gasteiger charge is -2.21. The number of carbonyl (C=O) groups is 2. The van der Waals surface area contributed by atoms with Crippen molar-refractivity contribution in [3.8, 4) is 28.4 Å². The van der Waals surface area contributed by atoms with Crippen LogP contribution in [0.15, 0.2) is 77.5 Å². The van der Waals surface area contributed by atoms with E-state index in [9.17, 15) is 9.59 Å². The molecule has 9 nitrogen and oxygen atoms in total. The third-order valence-electron chi connectivity index (χ3n) is 6.20. The number of nitrogens with one attached hydrogen (secondary N) is 1. The quantitative estimate of drug-likeness (QED) is 0.341. The topological polar surface area (TPSA) is 98.8 Å². The maximum absolute atomic E-state index is 13.2. The van der Waals surface area contributed by atoms with Crippen molar-refractivity contribution in [1.82, 2.24) is 14.5 Å². The van der Waals surface area contributed by atoms with Crippen LogP contribution in [0.3, 0.4) is 0 Å². The van der Waals surface area contributed by atoms with E-state index in [1.165, 1.54) is 11.2 Å². The van der Waals surface area contributed by atoms with E-state index in [2.05, 4.69) is 5.32 Å². The summed E-state index contributed by atoms with van der Waals surface area (Å²) in [5.41, 5.74) is 2.29. The van der Waals surface area contributed by atoms with Crippen molar-refractivity contribution in [1.29, 1.82) is 0 Å². The standard InChI is InChI=1S/C28H28N4O5/c1-35-22-12-10-21(11-13-22)32-17-24(20-5-3-6-23(15-20)36-2)29-28(32)30-26(33)18-31(16-19-8-9-19)27(34)25-7-4-14-37-25/h3-7,10-15,17,19H,8-9,16,18H2,1-2H3,(H,29,30,33). The van der Waals surface area contributed by atoms with Gasteiger partial charge in [0, 0.05) is 24.0 Å². The van der Waals surface area contributed by atoms with E-state index in [1.807, 2.05) is 54.7 Å². The second kappa shape index (κ2) is 10.6. The molecule has 0 spiro atoms. The number of hydrogen-bond acceptors (Lipinski definition) is 6. The SMILES string of the molecule is COc1ccc(-n2cc(-c3cccc(OC)c3)nc2NC(=O)CN(CC2CC2)C(=O)c2ccco2)cc1. The predicted molar refractivity (Wildman–Crippen MR) is 138 cm³/mol. The lowest BCUT2D eigenvalue weighted by molar-refractivity contribution is -0.117. The molecule has 2 aromatic carbocycles. The van der Waals surface area contributed by atoms with E-state index in [0.717, 1.165) is 29.8 Å². The average molecular weight is 501 g/mol. The zero-order chi connectivity index (χ0) is 25.8. The predicted octanol–water partition coefficient (Wildman–Crippen LogP) is 4.64. The molecule has 1 N–H and O–H groups in total. The van der Waals surface area contributed by atoms with Gasteiger partial charge in [-0.1, -0.05) is 12.1 Å². The number of rotatable bonds is 10. The summed E-state index contributed by atoms with van der Waals surface area (Å²) in [6, 6.07) is 18.3. The molecule has 1 aliphatic carbocycles. The number of nitrogens with zero attached hydrogens (tertiary/aromatic N) is 3. The number of aromatic nitrogens is 2. The Hall–Kier alpha value is -4.53. The first-order chi connectivity index (χ1) is 18.0. The first-order valence-corrected chi connectivity index (χ1v) is 12.0. The second-order valence-corrected chi connectivity index (χ2v) is 8.90. The third-order valence-corrected chi connectivity index (χ3v) is 6.20. The van der Waals surface area contributed by atoms with Gasteiger partial charge in [0.05, 0.1) is 26.2 Å². The Balaban J connectivity index is 1.42. The highest BCUT2D eigenvalue weighted by Gasteiger charge is 2.30. The van der Waals surface area contributed by atoms with Gasteiger partial charge >= 0.3 is 0 Å². The summed E-state index contributed by atoms with van der Waals surface area (Å²) in [7, 11) is 3.22. The fraction of sp³-hybridized carbons (Fsp3) is 0.250. The molecule has 2 aromatic heterocycles. The molecule has 4 aromatic rings. The van der Waals surface area contributed by atoms with Crippen molar-refractivity contribution < 1.29 is 23.5 Å². The first-order valence-electron chi connectivity index (χ1n) is 12.0. The summed E-state index contributed by atoms with van der Waals surface area (Å²) in [5.74, 6) is 1.73. The molecule has 2 heterocycles. The van der Waals surface area contributed by atoms with Gasteiger partial charge in [0.15, 0.2) is 5.76 Å². The van der Waals surface area contributed by atoms with Crippen molar-refractivity contribution in [3.05, 3.63) is 78.9 Å². The maximum Gasteiger partial charge on any atom is 0.290 e. The van der Waals surface area contributed by atoms with Crippen molar-refractivity contribution in [3.63, 3.8) is 0 Å². The molecule has 37 heavy (non-hydrogen) atoms. The van der Waals surface area contributed by atoms with Gasteiger partial charge < -0.3 is 18.8 Å². The Morgan fingerprint density at radius 3 is 2.51 bits per heavy atom. The Morgan fingerprint density at radius 2 is 1.84 bits per heavy atom. The normalized spacial score (nSPS) is 12.7. The van der Waals surface area contributed by atoms with Gasteiger partial charge in [-0.3, -0.25) is 19.5 Å². The maximum atomic E-state index is 13.2. The number of furan rings is 1. The molecule has 0 aliphatic heterocycles. The van der Waals surface area contributed by atoms with Crippen LogP contribution in [-0.2, 0) is 4.79 Å². The number of anilines is 1. The highest BCUT2D eigenvalue weighted by Crippen LogP contribution is 2.31. The Kier molecular flexibility index (Phi) is 6.93. The lowest BCUT2D eigenvalue weighted by Crippen LogP contribution is -2.39. The molecule has 1 aliphatic rings. The Labute approximate surface area is 214 Å². The molecular formula is C28H28N4O5. The summed E-state index contributed by atoms with van der Waals surface area (Å²) >= 11 is 0. The molecule has 5 rings (SSSR count). The summed E-state index contributed by atoms with van der Waals surface area (Å²) in [4.78, 5) is 32.4. The van der Waals surface area contributed by atoms with Gasteiger partial charge in [-0.15, -0.1) is 0 Å². The van der Waals surface area contributed by atoms with Crippen molar-refractivity contribution in [2.24, 2.45) is 5.92 Å². The molecular weight excluding hydrogens is 472 g/mol. The van der Waals surface area contributed by atoms with Crippen LogP contribution in [-0.4, -0.2) is 53.6 Å². The minimum atomic E-state index is -0.349. The second-order valence-electron chi connectivity index (χ2n) is 8.90. The van der Waals surface area contributed by atoms with Crippen LogP contribution < -0.4 is 14.8 Å². The number of benzene rings is 2. The first kappa shape index (κ1) is 24.2. The number of imidazole rings is 1. The molecule has 0 atom stereocenters. The summed E-state index contributed by atoms with van der Waals surface area (Å²) < 4.78 is 17.7. The van der Waals surface area contributed by atoms with Gasteiger partial charge in [0.1, 0.15) is 18.0 Å². The summed E-state index contributed by atoms with van der Waals surface area (Å²) in [6.45, 7) is 0.398. The number of ether oxygens (including phenoxy) is 2. The minimum absolute atomic E-state index is 0.111. The van der Waals surface area contributed by atoms with E-state index in [1.54, 1.807) is 30.9 Å². The van der Waals surface area contributed by atoms with Gasteiger partial charge in [0.25, 0.3) is 5.91 Å². The fourth-order valence-corrected chi connectivity index (χ4v) is 4.05. The Morgan fingerprint density at radius 1 is 1.05 bits per heavy atom. The number of hydrogen-bond donors (Lipinski definition) is 1. The molecule has 0 unspecified atom stereocenters. The molecule has 0 radical (unpaired) electrons. The van der Waals surface area contributed by atoms with Crippen LogP contribution in [0.25, 0.3) is 16.9 Å². The third kappa shape index (κ3) is 5.66. The van der Waals surface area contributed by atoms with Gasteiger partial charge in [-0.05, 0) is 67.3 Å². The van der Waals surface area contributed by atoms with Crippen molar-refractivity contribution in [2.45, 2.75) is 12.8 Å². The summed E-state index contributed by atoms with van der Waals surface area (Å²) in [5, 5.41) is 2.91. The number of carbonyl (C=O) groups excluding carboxylic acids is 2. The zero-order valence-electron chi connectivity index (χ0n) is 20.7. The van der Waals surface area contributed by atoms with Crippen molar-refractivity contribution in [2.75, 3.05) is 32.6 Å². The molecule has 1 fully saturated rings. The van der Waals surface area contributed by atoms with Crippen LogP contribution in [0.2, 0.25) is 0 Å². The molecule has 0 saturated heterocycles. The Bertz CT molecular complexity index is 1370. The number of methoxy groups -OCH3 is 2. The van der Waals surface area contributed by atoms with Crippen molar-refractivity contribution >= 4 is 17.8 Å². The molecule has 0 bridgehead atoms. The fourth-order valence-electron chi connectivity index (χ4n) is 4.05. The van der Waals surface area contributed by atoms with Gasteiger partial charge in [-0.25, -0.2) is 4.98 Å². The van der Waals surface area contributed by atoms with E-state index >= 15 is 0 Å². The lowest BCUT2D eigenvalue weighted by atomic mass is 10.1. The van der Waals surface area contributed by atoms with Crippen LogP contribution in [0.1, 0.15) is 23.4 Å². The number of amides is 2. The largest absolute Gasteiger partial charge is 0.497 e. The highest BCUT2D eigenvalue weighted by atomic mass is 16.5. The van der Waals surface area contributed by atoms with Gasteiger partial charge in [-0.2, -0.15) is 0 Å². The summed E-state index contributed by atoms with van der Waals surface area (Å²) in [6.07, 6.45) is 5.40. The smallest absolute Gasteiger partial charge is 0.290 e. The van der Waals surface area contributed by atoms with E-state index < -0.39 is 0 Å². The molecule has 1 saturated carbocycles. The monoisotopic (exact) mass is 500 g/mol. The van der Waals surface area contributed by atoms with Crippen LogP contribution >= 0.6 is 0 Å². The van der Waals surface area contributed by atoms with E-state index in [-0.39, 0.29) is 24.1 Å².